The van der Waals surface area contributed by atoms with Crippen molar-refractivity contribution in [3.8, 4) is 6.07 Å². The van der Waals surface area contributed by atoms with Crippen LogP contribution in [-0.2, 0) is 4.74 Å². The van der Waals surface area contributed by atoms with Gasteiger partial charge in [0.2, 0.25) is 0 Å². The second kappa shape index (κ2) is 6.18. The molecule has 3 heteroatoms. The van der Waals surface area contributed by atoms with Gasteiger partial charge in [-0.2, -0.15) is 5.26 Å². The van der Waals surface area contributed by atoms with Gasteiger partial charge in [0.15, 0.2) is 0 Å². The van der Waals surface area contributed by atoms with Gasteiger partial charge in [0.1, 0.15) is 6.04 Å². The van der Waals surface area contributed by atoms with E-state index >= 15 is 0 Å². The van der Waals surface area contributed by atoms with Crippen molar-refractivity contribution < 1.29 is 4.74 Å². The summed E-state index contributed by atoms with van der Waals surface area (Å²) < 4.78 is 5.37. The number of hydrogen-bond acceptors (Lipinski definition) is 3. The first-order valence-electron chi connectivity index (χ1n) is 6.92. The topological polar surface area (TPSA) is 36.3 Å². The van der Waals surface area contributed by atoms with Crippen molar-refractivity contribution in [1.82, 2.24) is 4.90 Å². The van der Waals surface area contributed by atoms with Crippen LogP contribution in [0.5, 0.6) is 0 Å². The molecule has 1 fully saturated rings. The summed E-state index contributed by atoms with van der Waals surface area (Å²) in [6.45, 7) is 9.56. The van der Waals surface area contributed by atoms with Gasteiger partial charge < -0.3 is 4.74 Å². The van der Waals surface area contributed by atoms with E-state index in [0.29, 0.717) is 0 Å². The third-order valence-corrected chi connectivity index (χ3v) is 3.97. The quantitative estimate of drug-likeness (QED) is 0.836. The number of nitriles is 1. The van der Waals surface area contributed by atoms with Gasteiger partial charge in [0.25, 0.3) is 0 Å². The molecular formula is C16H22N2O. The molecule has 2 unspecified atom stereocenters. The summed E-state index contributed by atoms with van der Waals surface area (Å²) in [5, 5.41) is 9.54. The third-order valence-electron chi connectivity index (χ3n) is 3.97. The second-order valence-corrected chi connectivity index (χ2v) is 5.37. The van der Waals surface area contributed by atoms with Crippen molar-refractivity contribution in [2.45, 2.75) is 32.7 Å². The molecule has 0 spiro atoms. The number of morpholine rings is 1. The highest BCUT2D eigenvalue weighted by atomic mass is 16.5. The van der Waals surface area contributed by atoms with E-state index in [1.807, 2.05) is 0 Å². The average molecular weight is 258 g/mol. The lowest BCUT2D eigenvalue weighted by molar-refractivity contribution is 0.0231. The number of ether oxygens (including phenoxy) is 1. The molecule has 1 aromatic carbocycles. The van der Waals surface area contributed by atoms with Gasteiger partial charge in [0.05, 0.1) is 19.3 Å². The summed E-state index contributed by atoms with van der Waals surface area (Å²) in [5.41, 5.74) is 3.82. The van der Waals surface area contributed by atoms with Crippen LogP contribution in [0.15, 0.2) is 18.2 Å². The van der Waals surface area contributed by atoms with Crippen LogP contribution in [0.25, 0.3) is 0 Å². The number of benzene rings is 1. The van der Waals surface area contributed by atoms with Crippen LogP contribution in [0.1, 0.15) is 29.5 Å². The lowest BCUT2D eigenvalue weighted by atomic mass is 9.88. The van der Waals surface area contributed by atoms with Gasteiger partial charge in [-0.1, -0.05) is 30.7 Å². The van der Waals surface area contributed by atoms with Crippen molar-refractivity contribution in [1.29, 1.82) is 5.26 Å². The van der Waals surface area contributed by atoms with Gasteiger partial charge in [-0.05, 0) is 25.0 Å². The lowest BCUT2D eigenvalue weighted by Crippen LogP contribution is -2.45. The third kappa shape index (κ3) is 3.15. The van der Waals surface area contributed by atoms with Crippen LogP contribution in [-0.4, -0.2) is 37.2 Å². The molecule has 0 radical (unpaired) electrons. The molecular weight excluding hydrogens is 236 g/mol. The molecule has 1 aliphatic rings. The summed E-state index contributed by atoms with van der Waals surface area (Å²) in [6, 6.07) is 8.91. The van der Waals surface area contributed by atoms with E-state index < -0.39 is 0 Å². The predicted octanol–water partition coefficient (Wildman–Crippen LogP) is 2.63. The summed E-state index contributed by atoms with van der Waals surface area (Å²) >= 11 is 0. The Bertz CT molecular complexity index is 472. The Morgan fingerprint density at radius 1 is 1.26 bits per heavy atom. The molecule has 1 heterocycles. The van der Waals surface area contributed by atoms with E-state index in [2.05, 4.69) is 49.9 Å². The molecule has 0 N–H and O–H groups in total. The molecule has 1 saturated heterocycles. The summed E-state index contributed by atoms with van der Waals surface area (Å²) in [4.78, 5) is 2.25. The minimum atomic E-state index is -0.0654. The van der Waals surface area contributed by atoms with Gasteiger partial charge in [-0.3, -0.25) is 4.90 Å². The highest BCUT2D eigenvalue weighted by Crippen LogP contribution is 2.27. The van der Waals surface area contributed by atoms with E-state index in [1.54, 1.807) is 0 Å². The van der Waals surface area contributed by atoms with Crippen LogP contribution < -0.4 is 0 Å². The standard InChI is InChI=1S/C16H22N2O/c1-12-4-5-13(2)15(10-12)14(3)16(11-17)18-6-8-19-9-7-18/h4-5,10,14,16H,6-9H2,1-3H3. The fourth-order valence-corrected chi connectivity index (χ4v) is 2.79. The maximum absolute atomic E-state index is 9.54. The van der Waals surface area contributed by atoms with Crippen molar-refractivity contribution in [3.05, 3.63) is 34.9 Å². The second-order valence-electron chi connectivity index (χ2n) is 5.37. The number of aryl methyl sites for hydroxylation is 2. The first-order chi connectivity index (χ1) is 9.13. The summed E-state index contributed by atoms with van der Waals surface area (Å²) in [6.07, 6.45) is 0. The van der Waals surface area contributed by atoms with Crippen LogP contribution in [0.3, 0.4) is 0 Å². The first-order valence-corrected chi connectivity index (χ1v) is 6.92. The van der Waals surface area contributed by atoms with Gasteiger partial charge >= 0.3 is 0 Å². The van der Waals surface area contributed by atoms with E-state index in [0.717, 1.165) is 26.3 Å². The van der Waals surface area contributed by atoms with E-state index in [-0.39, 0.29) is 12.0 Å². The molecule has 1 aromatic rings. The van der Waals surface area contributed by atoms with E-state index in [9.17, 15) is 5.26 Å². The average Bonchev–Trinajstić information content (AvgIpc) is 2.43. The fraction of sp³-hybridized carbons (Fsp3) is 0.562. The monoisotopic (exact) mass is 258 g/mol. The Morgan fingerprint density at radius 3 is 2.58 bits per heavy atom. The highest BCUT2D eigenvalue weighted by molar-refractivity contribution is 5.35. The Kier molecular flexibility index (Phi) is 4.57. The van der Waals surface area contributed by atoms with Gasteiger partial charge in [0, 0.05) is 19.0 Å². The molecule has 0 aliphatic carbocycles. The van der Waals surface area contributed by atoms with Gasteiger partial charge in [-0.15, -0.1) is 0 Å². The zero-order chi connectivity index (χ0) is 13.8. The zero-order valence-corrected chi connectivity index (χ0v) is 12.0. The van der Waals surface area contributed by atoms with Gasteiger partial charge in [-0.25, -0.2) is 0 Å². The minimum absolute atomic E-state index is 0.0654. The highest BCUT2D eigenvalue weighted by Gasteiger charge is 2.27. The maximum atomic E-state index is 9.54. The van der Waals surface area contributed by atoms with Crippen molar-refractivity contribution >= 4 is 0 Å². The number of rotatable bonds is 3. The van der Waals surface area contributed by atoms with E-state index in [1.165, 1.54) is 16.7 Å². The SMILES string of the molecule is Cc1ccc(C)c(C(C)C(C#N)N2CCOCC2)c1. The molecule has 1 aliphatic heterocycles. The smallest absolute Gasteiger partial charge is 0.105 e. The molecule has 2 atom stereocenters. The molecule has 0 amide bonds. The van der Waals surface area contributed by atoms with Crippen molar-refractivity contribution in [2.75, 3.05) is 26.3 Å². The predicted molar refractivity (Wildman–Crippen MR) is 76.1 cm³/mol. The Morgan fingerprint density at radius 2 is 1.95 bits per heavy atom. The normalized spacial score (nSPS) is 19.7. The molecule has 2 rings (SSSR count). The van der Waals surface area contributed by atoms with Crippen LogP contribution >= 0.6 is 0 Å². The van der Waals surface area contributed by atoms with Crippen LogP contribution in [0.4, 0.5) is 0 Å². The Hall–Kier alpha value is -1.37. The van der Waals surface area contributed by atoms with E-state index in [4.69, 9.17) is 4.74 Å². The molecule has 0 bridgehead atoms. The van der Waals surface area contributed by atoms with Crippen molar-refractivity contribution in [2.24, 2.45) is 0 Å². The maximum Gasteiger partial charge on any atom is 0.105 e. The van der Waals surface area contributed by atoms with Crippen molar-refractivity contribution in [3.63, 3.8) is 0 Å². The zero-order valence-electron chi connectivity index (χ0n) is 12.0. The Balaban J connectivity index is 2.22. The molecule has 3 nitrogen and oxygen atoms in total. The number of nitrogens with zero attached hydrogens (tertiary/aromatic N) is 2. The molecule has 0 saturated carbocycles. The lowest BCUT2D eigenvalue weighted by Gasteiger charge is -2.34. The minimum Gasteiger partial charge on any atom is -0.379 e. The first kappa shape index (κ1) is 14.0. The van der Waals surface area contributed by atoms with Crippen LogP contribution in [0.2, 0.25) is 0 Å². The largest absolute Gasteiger partial charge is 0.379 e. The Labute approximate surface area is 115 Å². The van der Waals surface area contributed by atoms with Crippen LogP contribution in [0, 0.1) is 25.2 Å². The molecule has 102 valence electrons. The fourth-order valence-electron chi connectivity index (χ4n) is 2.79. The summed E-state index contributed by atoms with van der Waals surface area (Å²) in [7, 11) is 0. The molecule has 19 heavy (non-hydrogen) atoms. The summed E-state index contributed by atoms with van der Waals surface area (Å²) in [5.74, 6) is 0.225. The number of hydrogen-bond donors (Lipinski definition) is 0. The molecule has 0 aromatic heterocycles.